The Labute approximate surface area is 209 Å². The molecule has 1 heterocycles. The van der Waals surface area contributed by atoms with E-state index in [1.165, 1.54) is 12.1 Å². The van der Waals surface area contributed by atoms with E-state index in [9.17, 15) is 14.3 Å². The quantitative estimate of drug-likeness (QED) is 0.341. The first-order valence-electron chi connectivity index (χ1n) is 11.7. The van der Waals surface area contributed by atoms with Crippen LogP contribution in [-0.4, -0.2) is 22.7 Å². The Balaban J connectivity index is 1.72. The highest BCUT2D eigenvalue weighted by molar-refractivity contribution is 6.30. The average molecular weight is 496 g/mol. The third-order valence-corrected chi connectivity index (χ3v) is 6.30. The van der Waals surface area contributed by atoms with Crippen LogP contribution in [0.2, 0.25) is 5.02 Å². The number of aromatic hydroxyl groups is 1. The first-order chi connectivity index (χ1) is 16.9. The minimum absolute atomic E-state index is 0.0725. The molecule has 0 amide bonds. The molecule has 182 valence electrons. The van der Waals surface area contributed by atoms with Crippen molar-refractivity contribution in [1.82, 2.24) is 4.98 Å². The minimum Gasteiger partial charge on any atom is -0.507 e. The van der Waals surface area contributed by atoms with Crippen LogP contribution in [-0.2, 0) is 17.8 Å². The Kier molecular flexibility index (Phi) is 7.71. The number of pyridine rings is 1. The predicted molar refractivity (Wildman–Crippen MR) is 134 cm³/mol. The number of aryl methyl sites for hydroxylation is 1. The van der Waals surface area contributed by atoms with E-state index in [0.717, 1.165) is 47.6 Å². The summed E-state index contributed by atoms with van der Waals surface area (Å²) in [4.78, 5) is 17.1. The number of halogens is 2. The van der Waals surface area contributed by atoms with E-state index >= 15 is 0 Å². The van der Waals surface area contributed by atoms with Gasteiger partial charge in [0, 0.05) is 28.4 Å². The SMILES string of the molecule is CCOC(=O)c1cc(C2=C(c3cc(Cl)ccc3OCc3ccc(F)cc3O)CCC2)cnc1CC. The van der Waals surface area contributed by atoms with Crippen LogP contribution in [0.4, 0.5) is 4.39 Å². The van der Waals surface area contributed by atoms with E-state index in [2.05, 4.69) is 4.98 Å². The van der Waals surface area contributed by atoms with Crippen molar-refractivity contribution in [1.29, 1.82) is 0 Å². The number of aromatic nitrogens is 1. The van der Waals surface area contributed by atoms with Gasteiger partial charge in [0.15, 0.2) is 0 Å². The zero-order valence-corrected chi connectivity index (χ0v) is 20.5. The van der Waals surface area contributed by atoms with Gasteiger partial charge in [-0.15, -0.1) is 0 Å². The molecule has 1 aromatic heterocycles. The monoisotopic (exact) mass is 495 g/mol. The zero-order chi connectivity index (χ0) is 24.9. The van der Waals surface area contributed by atoms with Crippen LogP contribution < -0.4 is 4.74 Å². The van der Waals surface area contributed by atoms with Crippen LogP contribution in [0.25, 0.3) is 11.1 Å². The molecule has 2 aromatic carbocycles. The fourth-order valence-corrected chi connectivity index (χ4v) is 4.54. The fourth-order valence-electron chi connectivity index (χ4n) is 4.36. The second-order valence-corrected chi connectivity index (χ2v) is 8.74. The summed E-state index contributed by atoms with van der Waals surface area (Å²) in [6, 6.07) is 11.1. The number of nitrogens with zero attached hydrogens (tertiary/aromatic N) is 1. The smallest absolute Gasteiger partial charge is 0.339 e. The number of phenols is 1. The second kappa shape index (κ2) is 10.9. The summed E-state index contributed by atoms with van der Waals surface area (Å²) in [6.07, 6.45) is 5.03. The normalized spacial score (nSPS) is 13.3. The van der Waals surface area contributed by atoms with Crippen molar-refractivity contribution in [3.05, 3.63) is 87.4 Å². The Morgan fingerprint density at radius 3 is 2.66 bits per heavy atom. The van der Waals surface area contributed by atoms with Gasteiger partial charge in [-0.1, -0.05) is 18.5 Å². The average Bonchev–Trinajstić information content (AvgIpc) is 3.33. The first-order valence-corrected chi connectivity index (χ1v) is 12.1. The summed E-state index contributed by atoms with van der Waals surface area (Å²) < 4.78 is 24.7. The number of carbonyl (C=O) groups excluding carboxylic acids is 1. The van der Waals surface area contributed by atoms with E-state index in [0.29, 0.717) is 40.6 Å². The molecule has 0 radical (unpaired) electrons. The van der Waals surface area contributed by atoms with Crippen LogP contribution in [0.1, 0.15) is 65.9 Å². The number of esters is 1. The molecule has 0 aliphatic heterocycles. The largest absolute Gasteiger partial charge is 0.507 e. The van der Waals surface area contributed by atoms with Crippen LogP contribution in [0.15, 0.2) is 48.7 Å². The summed E-state index contributed by atoms with van der Waals surface area (Å²) in [6.45, 7) is 4.11. The third kappa shape index (κ3) is 5.49. The number of hydrogen-bond acceptors (Lipinski definition) is 5. The number of benzene rings is 2. The maximum atomic E-state index is 13.3. The van der Waals surface area contributed by atoms with E-state index in [1.54, 1.807) is 19.1 Å². The Hall–Kier alpha value is -3.38. The van der Waals surface area contributed by atoms with E-state index in [4.69, 9.17) is 21.1 Å². The number of allylic oxidation sites excluding steroid dienone is 2. The summed E-state index contributed by atoms with van der Waals surface area (Å²) >= 11 is 6.36. The van der Waals surface area contributed by atoms with Gasteiger partial charge >= 0.3 is 5.97 Å². The number of rotatable bonds is 8. The molecule has 0 saturated heterocycles. The van der Waals surface area contributed by atoms with Gasteiger partial charge in [-0.3, -0.25) is 4.98 Å². The van der Waals surface area contributed by atoms with Crippen LogP contribution in [0.5, 0.6) is 11.5 Å². The maximum absolute atomic E-state index is 13.3. The topological polar surface area (TPSA) is 68.7 Å². The van der Waals surface area contributed by atoms with Crippen molar-refractivity contribution in [2.45, 2.75) is 46.1 Å². The number of phenolic OH excluding ortho intramolecular Hbond substituents is 1. The third-order valence-electron chi connectivity index (χ3n) is 6.06. The highest BCUT2D eigenvalue weighted by Gasteiger charge is 2.23. The lowest BCUT2D eigenvalue weighted by molar-refractivity contribution is 0.0524. The maximum Gasteiger partial charge on any atom is 0.339 e. The molecule has 7 heteroatoms. The lowest BCUT2D eigenvalue weighted by Gasteiger charge is -2.16. The van der Waals surface area contributed by atoms with Crippen molar-refractivity contribution in [3.63, 3.8) is 0 Å². The molecule has 0 bridgehead atoms. The predicted octanol–water partition coefficient (Wildman–Crippen LogP) is 6.99. The molecule has 0 unspecified atom stereocenters. The summed E-state index contributed by atoms with van der Waals surface area (Å²) in [5.74, 6) is -0.431. The lowest BCUT2D eigenvalue weighted by atomic mass is 9.96. The van der Waals surface area contributed by atoms with Gasteiger partial charge < -0.3 is 14.6 Å². The molecular formula is C28H27ClFNO4. The molecule has 0 atom stereocenters. The molecule has 0 fully saturated rings. The molecule has 0 saturated carbocycles. The minimum atomic E-state index is -0.510. The molecule has 1 aliphatic carbocycles. The van der Waals surface area contributed by atoms with Crippen molar-refractivity contribution in [2.75, 3.05) is 6.61 Å². The van der Waals surface area contributed by atoms with Crippen LogP contribution in [0.3, 0.4) is 0 Å². The molecular weight excluding hydrogens is 469 g/mol. The van der Waals surface area contributed by atoms with Crippen molar-refractivity contribution in [3.8, 4) is 11.5 Å². The summed E-state index contributed by atoms with van der Waals surface area (Å²) in [7, 11) is 0. The van der Waals surface area contributed by atoms with Crippen molar-refractivity contribution in [2.24, 2.45) is 0 Å². The molecule has 5 nitrogen and oxygen atoms in total. The number of hydrogen-bond donors (Lipinski definition) is 1. The molecule has 3 aromatic rings. The standard InChI is InChI=1S/C28H27ClFNO4/c1-3-25-24(28(33)34-4-2)12-18(15-31-25)21-6-5-7-22(21)23-13-19(29)9-11-27(23)35-16-17-8-10-20(30)14-26(17)32/h8-15,32H,3-7,16H2,1-2H3. The Morgan fingerprint density at radius 1 is 1.11 bits per heavy atom. The van der Waals surface area contributed by atoms with Gasteiger partial charge in [-0.25, -0.2) is 9.18 Å². The van der Waals surface area contributed by atoms with Gasteiger partial charge in [0.2, 0.25) is 0 Å². The fraction of sp³-hybridized carbons (Fsp3) is 0.286. The van der Waals surface area contributed by atoms with Gasteiger partial charge in [-0.05, 0) is 85.7 Å². The number of carbonyl (C=O) groups is 1. The zero-order valence-electron chi connectivity index (χ0n) is 19.7. The molecule has 1 aliphatic rings. The lowest BCUT2D eigenvalue weighted by Crippen LogP contribution is -2.10. The van der Waals surface area contributed by atoms with Gasteiger partial charge in [0.1, 0.15) is 23.9 Å². The number of ether oxygens (including phenoxy) is 2. The molecule has 1 N–H and O–H groups in total. The van der Waals surface area contributed by atoms with Crippen molar-refractivity contribution >= 4 is 28.7 Å². The van der Waals surface area contributed by atoms with Gasteiger partial charge in [0.05, 0.1) is 17.9 Å². The Bertz CT molecular complexity index is 1290. The van der Waals surface area contributed by atoms with Gasteiger partial charge in [0.25, 0.3) is 0 Å². The molecule has 35 heavy (non-hydrogen) atoms. The highest BCUT2D eigenvalue weighted by atomic mass is 35.5. The van der Waals surface area contributed by atoms with Crippen LogP contribution in [0, 0.1) is 5.82 Å². The second-order valence-electron chi connectivity index (χ2n) is 8.31. The molecule has 0 spiro atoms. The first kappa shape index (κ1) is 24.7. The van der Waals surface area contributed by atoms with E-state index in [-0.39, 0.29) is 18.3 Å². The Morgan fingerprint density at radius 2 is 1.91 bits per heavy atom. The van der Waals surface area contributed by atoms with Gasteiger partial charge in [-0.2, -0.15) is 0 Å². The van der Waals surface area contributed by atoms with Crippen molar-refractivity contribution < 1.29 is 23.8 Å². The van der Waals surface area contributed by atoms with E-state index < -0.39 is 5.82 Å². The molecule has 4 rings (SSSR count). The summed E-state index contributed by atoms with van der Waals surface area (Å²) in [5, 5.41) is 10.6. The van der Waals surface area contributed by atoms with E-state index in [1.807, 2.05) is 25.3 Å². The summed E-state index contributed by atoms with van der Waals surface area (Å²) in [5.41, 5.74) is 5.56. The highest BCUT2D eigenvalue weighted by Crippen LogP contribution is 2.44. The van der Waals surface area contributed by atoms with Crippen LogP contribution >= 0.6 is 11.6 Å².